The molecular formula is C25H32ClN3O4. The lowest BCUT2D eigenvalue weighted by atomic mass is 9.96. The van der Waals surface area contributed by atoms with Crippen molar-refractivity contribution in [2.24, 2.45) is 5.92 Å². The number of nitrogens with zero attached hydrogens (tertiary/aromatic N) is 1. The summed E-state index contributed by atoms with van der Waals surface area (Å²) >= 11 is 6.01. The van der Waals surface area contributed by atoms with Gasteiger partial charge in [0.25, 0.3) is 0 Å². The van der Waals surface area contributed by atoms with Crippen LogP contribution < -0.4 is 5.32 Å². The zero-order valence-electron chi connectivity index (χ0n) is 19.5. The van der Waals surface area contributed by atoms with Gasteiger partial charge in [-0.2, -0.15) is 0 Å². The van der Waals surface area contributed by atoms with Crippen LogP contribution in [0.3, 0.4) is 0 Å². The molecule has 3 rings (SSSR count). The number of H-pyrrole nitrogens is 1. The number of carbonyl (C=O) groups excluding carboxylic acids is 3. The lowest BCUT2D eigenvalue weighted by molar-refractivity contribution is -0.135. The van der Waals surface area contributed by atoms with Crippen LogP contribution in [-0.4, -0.2) is 47.4 Å². The smallest absolute Gasteiger partial charge is 0.355 e. The Balaban J connectivity index is 1.53. The number of carbonyl (C=O) groups is 3. The minimum atomic E-state index is -0.377. The van der Waals surface area contributed by atoms with E-state index >= 15 is 0 Å². The Labute approximate surface area is 199 Å². The van der Waals surface area contributed by atoms with Gasteiger partial charge < -0.3 is 19.9 Å². The first kappa shape index (κ1) is 24.8. The highest BCUT2D eigenvalue weighted by Crippen LogP contribution is 2.22. The lowest BCUT2D eigenvalue weighted by Crippen LogP contribution is -2.45. The average Bonchev–Trinajstić information content (AvgIpc) is 3.09. The quantitative estimate of drug-likeness (QED) is 0.568. The van der Waals surface area contributed by atoms with E-state index in [4.69, 9.17) is 16.3 Å². The van der Waals surface area contributed by atoms with Crippen molar-refractivity contribution >= 4 is 29.4 Å². The number of likely N-dealkylation sites (tertiary alicyclic amines) is 1. The first-order valence-corrected chi connectivity index (χ1v) is 11.8. The molecule has 33 heavy (non-hydrogen) atoms. The number of nitrogens with one attached hydrogen (secondary N) is 2. The number of benzene rings is 1. The summed E-state index contributed by atoms with van der Waals surface area (Å²) in [5, 5.41) is 3.61. The van der Waals surface area contributed by atoms with Crippen LogP contribution in [0.15, 0.2) is 24.3 Å². The fourth-order valence-corrected chi connectivity index (χ4v) is 4.57. The van der Waals surface area contributed by atoms with E-state index in [2.05, 4.69) is 10.3 Å². The summed E-state index contributed by atoms with van der Waals surface area (Å²) < 4.78 is 5.10. The maximum Gasteiger partial charge on any atom is 0.355 e. The number of aromatic nitrogens is 1. The number of amides is 2. The highest BCUT2D eigenvalue weighted by atomic mass is 35.5. The molecule has 1 saturated heterocycles. The van der Waals surface area contributed by atoms with Gasteiger partial charge in [0.2, 0.25) is 11.8 Å². The zero-order chi connectivity index (χ0) is 24.0. The van der Waals surface area contributed by atoms with Crippen molar-refractivity contribution in [1.29, 1.82) is 0 Å². The second-order valence-electron chi connectivity index (χ2n) is 8.48. The largest absolute Gasteiger partial charge is 0.461 e. The maximum absolute atomic E-state index is 12.9. The van der Waals surface area contributed by atoms with Gasteiger partial charge in [0.15, 0.2) is 0 Å². The molecule has 2 aromatic rings. The van der Waals surface area contributed by atoms with Crippen molar-refractivity contribution in [3.8, 4) is 0 Å². The molecule has 1 aromatic heterocycles. The molecule has 2 amide bonds. The van der Waals surface area contributed by atoms with E-state index in [0.717, 1.165) is 35.2 Å². The second kappa shape index (κ2) is 11.4. The molecule has 0 bridgehead atoms. The minimum Gasteiger partial charge on any atom is -0.461 e. The molecule has 0 spiro atoms. The molecular weight excluding hydrogens is 442 g/mol. The molecule has 1 aliphatic rings. The number of esters is 1. The molecule has 1 aliphatic heterocycles. The van der Waals surface area contributed by atoms with Crippen molar-refractivity contribution in [1.82, 2.24) is 15.2 Å². The van der Waals surface area contributed by atoms with Crippen LogP contribution in [0.5, 0.6) is 0 Å². The summed E-state index contributed by atoms with van der Waals surface area (Å²) in [7, 11) is 0. The van der Waals surface area contributed by atoms with Crippen molar-refractivity contribution < 1.29 is 19.1 Å². The third-order valence-electron chi connectivity index (χ3n) is 6.16. The Bertz CT molecular complexity index is 1020. The molecule has 1 atom stereocenters. The van der Waals surface area contributed by atoms with Crippen LogP contribution in [0.25, 0.3) is 0 Å². The SMILES string of the molecule is CCOC(=O)c1[nH]c(C)c(CCC(=O)N2CCC[C@@H](C(=O)NCc3cccc(Cl)c3)C2)c1C. The van der Waals surface area contributed by atoms with Gasteiger partial charge in [0.1, 0.15) is 5.69 Å². The number of rotatable bonds is 8. The van der Waals surface area contributed by atoms with Crippen molar-refractivity contribution in [3.05, 3.63) is 57.4 Å². The van der Waals surface area contributed by atoms with E-state index < -0.39 is 0 Å². The van der Waals surface area contributed by atoms with Gasteiger partial charge >= 0.3 is 5.97 Å². The number of halogens is 1. The van der Waals surface area contributed by atoms with E-state index in [-0.39, 0.29) is 23.7 Å². The van der Waals surface area contributed by atoms with E-state index in [1.807, 2.05) is 32.0 Å². The molecule has 0 aliphatic carbocycles. The molecule has 1 aromatic carbocycles. The van der Waals surface area contributed by atoms with E-state index in [9.17, 15) is 14.4 Å². The topological polar surface area (TPSA) is 91.5 Å². The number of aryl methyl sites for hydroxylation is 1. The molecule has 7 nitrogen and oxygen atoms in total. The van der Waals surface area contributed by atoms with Crippen LogP contribution in [-0.2, 0) is 27.3 Å². The molecule has 178 valence electrons. The number of piperidine rings is 1. The summed E-state index contributed by atoms with van der Waals surface area (Å²) in [6.45, 7) is 7.36. The Hall–Kier alpha value is -2.80. The van der Waals surface area contributed by atoms with Crippen LogP contribution in [0, 0.1) is 19.8 Å². The van der Waals surface area contributed by atoms with Crippen molar-refractivity contribution in [3.63, 3.8) is 0 Å². The first-order chi connectivity index (χ1) is 15.8. The van der Waals surface area contributed by atoms with Gasteiger partial charge in [-0.15, -0.1) is 0 Å². The minimum absolute atomic E-state index is 0.0278. The lowest BCUT2D eigenvalue weighted by Gasteiger charge is -2.32. The summed E-state index contributed by atoms with van der Waals surface area (Å²) in [4.78, 5) is 42.6. The van der Waals surface area contributed by atoms with Crippen molar-refractivity contribution in [2.45, 2.75) is 53.0 Å². The molecule has 2 N–H and O–H groups in total. The molecule has 8 heteroatoms. The molecule has 0 saturated carbocycles. The van der Waals surface area contributed by atoms with Crippen molar-refractivity contribution in [2.75, 3.05) is 19.7 Å². The van der Waals surface area contributed by atoms with Gasteiger partial charge in [-0.25, -0.2) is 4.79 Å². The Morgan fingerprint density at radius 1 is 1.27 bits per heavy atom. The van der Waals surface area contributed by atoms with Crippen LogP contribution in [0.2, 0.25) is 5.02 Å². The highest BCUT2D eigenvalue weighted by molar-refractivity contribution is 6.30. The standard InChI is InChI=1S/C25H32ClN3O4/c1-4-33-25(32)23-16(2)21(17(3)28-23)10-11-22(30)29-12-6-8-19(15-29)24(31)27-14-18-7-5-9-20(26)13-18/h5,7,9,13,19,28H,4,6,8,10-12,14-15H2,1-3H3,(H,27,31)/t19-/m1/s1. The molecule has 0 unspecified atom stereocenters. The number of aromatic amines is 1. The van der Waals surface area contributed by atoms with Gasteiger partial charge in [-0.05, 0) is 68.9 Å². The number of ether oxygens (including phenoxy) is 1. The third-order valence-corrected chi connectivity index (χ3v) is 6.40. The number of hydrogen-bond donors (Lipinski definition) is 2. The van der Waals surface area contributed by atoms with E-state index in [1.165, 1.54) is 0 Å². The normalized spacial score (nSPS) is 15.9. The fraction of sp³-hybridized carbons (Fsp3) is 0.480. The highest BCUT2D eigenvalue weighted by Gasteiger charge is 2.28. The molecule has 1 fully saturated rings. The van der Waals surface area contributed by atoms with Crippen LogP contribution in [0.1, 0.15) is 59.1 Å². The average molecular weight is 474 g/mol. The predicted octanol–water partition coefficient (Wildman–Crippen LogP) is 3.95. The van der Waals surface area contributed by atoms with Gasteiger partial charge in [-0.1, -0.05) is 23.7 Å². The van der Waals surface area contributed by atoms with E-state index in [1.54, 1.807) is 17.9 Å². The zero-order valence-corrected chi connectivity index (χ0v) is 20.3. The fourth-order valence-electron chi connectivity index (χ4n) is 4.36. The summed E-state index contributed by atoms with van der Waals surface area (Å²) in [6.07, 6.45) is 2.44. The van der Waals surface area contributed by atoms with Gasteiger partial charge in [0.05, 0.1) is 12.5 Å². The first-order valence-electron chi connectivity index (χ1n) is 11.4. The monoisotopic (exact) mass is 473 g/mol. The Morgan fingerprint density at radius 2 is 2.06 bits per heavy atom. The predicted molar refractivity (Wildman–Crippen MR) is 127 cm³/mol. The van der Waals surface area contributed by atoms with Gasteiger partial charge in [0, 0.05) is 36.8 Å². The maximum atomic E-state index is 12.9. The summed E-state index contributed by atoms with van der Waals surface area (Å²) in [6, 6.07) is 7.40. The Morgan fingerprint density at radius 3 is 2.79 bits per heavy atom. The third kappa shape index (κ3) is 6.38. The Kier molecular flexibility index (Phi) is 8.55. The number of hydrogen-bond acceptors (Lipinski definition) is 4. The second-order valence-corrected chi connectivity index (χ2v) is 8.91. The van der Waals surface area contributed by atoms with E-state index in [0.29, 0.717) is 49.8 Å². The summed E-state index contributed by atoms with van der Waals surface area (Å²) in [5.41, 5.74) is 4.07. The van der Waals surface area contributed by atoms with Gasteiger partial charge in [-0.3, -0.25) is 9.59 Å². The molecule has 0 radical (unpaired) electrons. The molecule has 2 heterocycles. The summed E-state index contributed by atoms with van der Waals surface area (Å²) in [5.74, 6) is -0.602. The van der Waals surface area contributed by atoms with Crippen LogP contribution in [0.4, 0.5) is 0 Å². The van der Waals surface area contributed by atoms with Crippen LogP contribution >= 0.6 is 11.6 Å².